The normalized spacial score (nSPS) is 16.4. The molecule has 1 atom stereocenters. The van der Waals surface area contributed by atoms with Gasteiger partial charge in [0.15, 0.2) is 0 Å². The number of aliphatic carboxylic acids is 1. The van der Waals surface area contributed by atoms with E-state index in [4.69, 9.17) is 5.11 Å². The summed E-state index contributed by atoms with van der Waals surface area (Å²) in [5, 5.41) is 8.73. The first-order valence-electron chi connectivity index (χ1n) is 3.32. The van der Waals surface area contributed by atoms with Crippen molar-refractivity contribution in [2.45, 2.75) is 20.8 Å². The molecule has 0 aromatic carbocycles. The van der Waals surface area contributed by atoms with E-state index in [1.165, 1.54) is 6.08 Å². The molecule has 2 heteroatoms. The van der Waals surface area contributed by atoms with Gasteiger partial charge in [-0.1, -0.05) is 19.9 Å². The zero-order valence-corrected chi connectivity index (χ0v) is 6.72. The molecular formula is C8H14O2. The fraction of sp³-hybridized carbons (Fsp3) is 0.625. The van der Waals surface area contributed by atoms with Crippen LogP contribution in [-0.4, -0.2) is 11.1 Å². The smallest absolute Gasteiger partial charge is 0.313 e. The van der Waals surface area contributed by atoms with Gasteiger partial charge in [0, 0.05) is 0 Å². The van der Waals surface area contributed by atoms with Gasteiger partial charge in [-0.25, -0.2) is 0 Å². The molecule has 0 aliphatic rings. The molecule has 0 saturated heterocycles. The summed E-state index contributed by atoms with van der Waals surface area (Å²) < 4.78 is 0. The maximum absolute atomic E-state index is 10.6. The molecule has 0 bridgehead atoms. The highest BCUT2D eigenvalue weighted by atomic mass is 16.4. The summed E-state index contributed by atoms with van der Waals surface area (Å²) in [7, 11) is 0. The number of hydrogen-bond donors (Lipinski definition) is 1. The van der Waals surface area contributed by atoms with Crippen LogP contribution in [0.3, 0.4) is 0 Å². The average Bonchev–Trinajstić information content (AvgIpc) is 1.85. The lowest BCUT2D eigenvalue weighted by atomic mass is 9.79. The lowest BCUT2D eigenvalue weighted by Crippen LogP contribution is -2.30. The second-order valence-corrected chi connectivity index (χ2v) is 2.95. The van der Waals surface area contributed by atoms with Gasteiger partial charge in [-0.15, -0.1) is 6.58 Å². The van der Waals surface area contributed by atoms with Crippen LogP contribution in [0, 0.1) is 11.3 Å². The standard InChI is InChI=1S/C8H14O2/c1-5-8(4,6(2)3)7(9)10/h5-6H,1H2,2-4H3,(H,9,10)/t8-/m0/s1. The molecule has 0 aromatic rings. The van der Waals surface area contributed by atoms with Crippen LogP contribution >= 0.6 is 0 Å². The molecule has 0 radical (unpaired) electrons. The largest absolute Gasteiger partial charge is 0.481 e. The highest BCUT2D eigenvalue weighted by Crippen LogP contribution is 2.27. The second kappa shape index (κ2) is 2.86. The van der Waals surface area contributed by atoms with Gasteiger partial charge in [-0.05, 0) is 12.8 Å². The number of carboxylic acid groups (broad SMARTS) is 1. The van der Waals surface area contributed by atoms with E-state index in [2.05, 4.69) is 6.58 Å². The van der Waals surface area contributed by atoms with Gasteiger partial charge in [0.2, 0.25) is 0 Å². The minimum Gasteiger partial charge on any atom is -0.481 e. The molecule has 2 nitrogen and oxygen atoms in total. The highest BCUT2D eigenvalue weighted by molar-refractivity contribution is 5.76. The Morgan fingerprint density at radius 3 is 2.10 bits per heavy atom. The number of rotatable bonds is 3. The Balaban J connectivity index is 4.54. The maximum Gasteiger partial charge on any atom is 0.313 e. The van der Waals surface area contributed by atoms with Crippen LogP contribution in [0.2, 0.25) is 0 Å². The van der Waals surface area contributed by atoms with E-state index < -0.39 is 11.4 Å². The van der Waals surface area contributed by atoms with Crippen molar-refractivity contribution >= 4 is 5.97 Å². The van der Waals surface area contributed by atoms with Crippen molar-refractivity contribution in [1.82, 2.24) is 0 Å². The Labute approximate surface area is 61.6 Å². The Bertz CT molecular complexity index is 149. The molecule has 1 N–H and O–H groups in total. The number of hydrogen-bond acceptors (Lipinski definition) is 1. The Hall–Kier alpha value is -0.790. The van der Waals surface area contributed by atoms with E-state index in [1.54, 1.807) is 6.92 Å². The van der Waals surface area contributed by atoms with Crippen molar-refractivity contribution in [3.05, 3.63) is 12.7 Å². The first-order chi connectivity index (χ1) is 4.45. The topological polar surface area (TPSA) is 37.3 Å². The van der Waals surface area contributed by atoms with Gasteiger partial charge in [0.05, 0.1) is 5.41 Å². The van der Waals surface area contributed by atoms with Crippen molar-refractivity contribution in [2.24, 2.45) is 11.3 Å². The second-order valence-electron chi connectivity index (χ2n) is 2.95. The summed E-state index contributed by atoms with van der Waals surface area (Å²) in [4.78, 5) is 10.6. The molecule has 0 spiro atoms. The molecule has 0 fully saturated rings. The molecule has 0 unspecified atom stereocenters. The third-order valence-corrected chi connectivity index (χ3v) is 2.08. The van der Waals surface area contributed by atoms with Gasteiger partial charge < -0.3 is 5.11 Å². The molecule has 0 saturated carbocycles. The highest BCUT2D eigenvalue weighted by Gasteiger charge is 2.32. The van der Waals surface area contributed by atoms with Crippen molar-refractivity contribution in [3.63, 3.8) is 0 Å². The van der Waals surface area contributed by atoms with Gasteiger partial charge in [0.25, 0.3) is 0 Å². The lowest BCUT2D eigenvalue weighted by molar-refractivity contribution is -0.147. The Kier molecular flexibility index (Phi) is 2.64. The Morgan fingerprint density at radius 1 is 1.70 bits per heavy atom. The van der Waals surface area contributed by atoms with E-state index in [9.17, 15) is 4.79 Å². The van der Waals surface area contributed by atoms with Crippen LogP contribution < -0.4 is 0 Å². The minimum atomic E-state index is -0.808. The average molecular weight is 142 g/mol. The summed E-state index contributed by atoms with van der Waals surface area (Å²) in [5.74, 6) is -0.722. The summed E-state index contributed by atoms with van der Waals surface area (Å²) in [5.41, 5.74) is -0.778. The van der Waals surface area contributed by atoms with Gasteiger partial charge in [0.1, 0.15) is 0 Å². The number of carboxylic acids is 1. The zero-order chi connectivity index (χ0) is 8.36. The van der Waals surface area contributed by atoms with Gasteiger partial charge in [-0.3, -0.25) is 4.79 Å². The molecular weight excluding hydrogens is 128 g/mol. The van der Waals surface area contributed by atoms with Crippen LogP contribution in [0.1, 0.15) is 20.8 Å². The summed E-state index contributed by atoms with van der Waals surface area (Å²) >= 11 is 0. The fourth-order valence-corrected chi connectivity index (χ4v) is 0.570. The van der Waals surface area contributed by atoms with Crippen LogP contribution in [-0.2, 0) is 4.79 Å². The molecule has 0 rings (SSSR count). The molecule has 10 heavy (non-hydrogen) atoms. The molecule has 0 aliphatic carbocycles. The first-order valence-corrected chi connectivity index (χ1v) is 3.32. The third-order valence-electron chi connectivity index (χ3n) is 2.08. The summed E-state index contributed by atoms with van der Waals surface area (Å²) in [6.07, 6.45) is 1.49. The van der Waals surface area contributed by atoms with Crippen LogP contribution in [0.15, 0.2) is 12.7 Å². The van der Waals surface area contributed by atoms with Crippen molar-refractivity contribution in [1.29, 1.82) is 0 Å². The maximum atomic E-state index is 10.6. The molecule has 0 heterocycles. The van der Waals surface area contributed by atoms with E-state index >= 15 is 0 Å². The zero-order valence-electron chi connectivity index (χ0n) is 6.72. The molecule has 0 aromatic heterocycles. The first kappa shape index (κ1) is 9.21. The predicted molar refractivity (Wildman–Crippen MR) is 40.8 cm³/mol. The molecule has 0 amide bonds. The third kappa shape index (κ3) is 1.38. The van der Waals surface area contributed by atoms with Crippen molar-refractivity contribution in [3.8, 4) is 0 Å². The SMILES string of the molecule is C=C[C@](C)(C(=O)O)C(C)C. The molecule has 58 valence electrons. The predicted octanol–water partition coefficient (Wildman–Crippen LogP) is 1.92. The van der Waals surface area contributed by atoms with Crippen LogP contribution in [0.5, 0.6) is 0 Å². The quantitative estimate of drug-likeness (QED) is 0.611. The van der Waals surface area contributed by atoms with E-state index in [-0.39, 0.29) is 5.92 Å². The van der Waals surface area contributed by atoms with E-state index in [0.717, 1.165) is 0 Å². The van der Waals surface area contributed by atoms with E-state index in [0.29, 0.717) is 0 Å². The van der Waals surface area contributed by atoms with Gasteiger partial charge >= 0.3 is 5.97 Å². The molecule has 0 aliphatic heterocycles. The van der Waals surface area contributed by atoms with Crippen molar-refractivity contribution in [2.75, 3.05) is 0 Å². The minimum absolute atomic E-state index is 0.0856. The lowest BCUT2D eigenvalue weighted by Gasteiger charge is -2.24. The Morgan fingerprint density at radius 2 is 2.10 bits per heavy atom. The number of carbonyl (C=O) groups is 1. The summed E-state index contributed by atoms with van der Waals surface area (Å²) in [6, 6.07) is 0. The monoisotopic (exact) mass is 142 g/mol. The van der Waals surface area contributed by atoms with E-state index in [1.807, 2.05) is 13.8 Å². The van der Waals surface area contributed by atoms with Crippen LogP contribution in [0.4, 0.5) is 0 Å². The van der Waals surface area contributed by atoms with Gasteiger partial charge in [-0.2, -0.15) is 0 Å². The fourth-order valence-electron chi connectivity index (χ4n) is 0.570. The van der Waals surface area contributed by atoms with Crippen molar-refractivity contribution < 1.29 is 9.90 Å². The van der Waals surface area contributed by atoms with Crippen LogP contribution in [0.25, 0.3) is 0 Å². The summed E-state index contributed by atoms with van der Waals surface area (Å²) in [6.45, 7) is 8.91.